The Hall–Kier alpha value is -0.755. The van der Waals surface area contributed by atoms with Gasteiger partial charge in [0, 0.05) is 26.2 Å². The van der Waals surface area contributed by atoms with Gasteiger partial charge in [0.15, 0.2) is 0 Å². The first-order chi connectivity index (χ1) is 10.5. The second-order valence-electron chi connectivity index (χ2n) is 5.67. The van der Waals surface area contributed by atoms with E-state index < -0.39 is 7.12 Å². The molecule has 1 fully saturated rings. The van der Waals surface area contributed by atoms with Gasteiger partial charge in [0.25, 0.3) is 0 Å². The Bertz CT molecular complexity index is 293. The van der Waals surface area contributed by atoms with Gasteiger partial charge in [0.05, 0.1) is 6.10 Å². The first-order valence-corrected chi connectivity index (χ1v) is 7.89. The van der Waals surface area contributed by atoms with Crippen molar-refractivity contribution in [2.75, 3.05) is 26.7 Å². The second-order valence-corrected chi connectivity index (χ2v) is 5.67. The van der Waals surface area contributed by atoms with E-state index in [1.54, 1.807) is 7.11 Å². The highest BCUT2D eigenvalue weighted by Crippen LogP contribution is 2.14. The van der Waals surface area contributed by atoms with Crippen molar-refractivity contribution in [1.82, 2.24) is 4.90 Å². The predicted octanol–water partition coefficient (Wildman–Crippen LogP) is -0.126. The van der Waals surface area contributed by atoms with E-state index in [1.165, 1.54) is 0 Å². The minimum absolute atomic E-state index is 0.232. The summed E-state index contributed by atoms with van der Waals surface area (Å²) in [5.74, 6) is 0. The van der Waals surface area contributed by atoms with Gasteiger partial charge in [-0.2, -0.15) is 9.59 Å². The molecule has 0 saturated carbocycles. The van der Waals surface area contributed by atoms with Gasteiger partial charge in [-0.25, -0.2) is 0 Å². The third kappa shape index (κ3) is 11.9. The zero-order chi connectivity index (χ0) is 16.8. The number of hydrogen-bond donors (Lipinski definition) is 3. The zero-order valence-corrected chi connectivity index (χ0v) is 13.4. The summed E-state index contributed by atoms with van der Waals surface area (Å²) in [6, 6.07) is 0.232. The quantitative estimate of drug-likeness (QED) is 0.401. The van der Waals surface area contributed by atoms with Gasteiger partial charge in [0.2, 0.25) is 0 Å². The first-order valence-electron chi connectivity index (χ1n) is 7.89. The molecule has 0 radical (unpaired) electrons. The number of hydrogen-bond acceptors (Lipinski definition) is 7. The average molecular weight is 316 g/mol. The number of piperidine rings is 1. The van der Waals surface area contributed by atoms with E-state index in [1.807, 2.05) is 0 Å². The van der Waals surface area contributed by atoms with E-state index >= 15 is 0 Å². The Labute approximate surface area is 133 Å². The molecule has 4 N–H and O–H groups in total. The molecule has 1 rings (SSSR count). The van der Waals surface area contributed by atoms with Crippen molar-refractivity contribution in [2.24, 2.45) is 5.73 Å². The number of methoxy groups -OCH3 is 1. The topological polar surface area (TPSA) is 113 Å². The SMILES string of the molecule is COC1CCN(CCC(N)CCCCB(O)O)CC1.O=C=O. The average Bonchev–Trinajstić information content (AvgIpc) is 2.50. The van der Waals surface area contributed by atoms with Crippen molar-refractivity contribution < 1.29 is 24.4 Å². The molecule has 7 nitrogen and oxygen atoms in total. The molecule has 8 heteroatoms. The Balaban J connectivity index is 0.00000135. The number of ether oxygens (including phenoxy) is 1. The largest absolute Gasteiger partial charge is 0.451 e. The van der Waals surface area contributed by atoms with Crippen LogP contribution in [0.15, 0.2) is 0 Å². The van der Waals surface area contributed by atoms with E-state index in [2.05, 4.69) is 4.90 Å². The Morgan fingerprint density at radius 1 is 1.27 bits per heavy atom. The van der Waals surface area contributed by atoms with Crippen LogP contribution in [0.25, 0.3) is 0 Å². The minimum Gasteiger partial charge on any atom is -0.427 e. The zero-order valence-electron chi connectivity index (χ0n) is 13.4. The molecule has 1 aliphatic rings. The van der Waals surface area contributed by atoms with Crippen LogP contribution in [0.4, 0.5) is 0 Å². The molecular formula is C14H29BN2O5. The smallest absolute Gasteiger partial charge is 0.427 e. The fourth-order valence-electron chi connectivity index (χ4n) is 2.59. The van der Waals surface area contributed by atoms with Gasteiger partial charge in [-0.15, -0.1) is 0 Å². The van der Waals surface area contributed by atoms with Crippen molar-refractivity contribution in [1.29, 1.82) is 0 Å². The maximum atomic E-state index is 8.74. The summed E-state index contributed by atoms with van der Waals surface area (Å²) in [4.78, 5) is 18.7. The lowest BCUT2D eigenvalue weighted by Crippen LogP contribution is -2.39. The molecule has 0 bridgehead atoms. The molecule has 0 aromatic rings. The van der Waals surface area contributed by atoms with Crippen LogP contribution >= 0.6 is 0 Å². The number of rotatable bonds is 9. The van der Waals surface area contributed by atoms with Crippen LogP contribution in [0.1, 0.15) is 38.5 Å². The van der Waals surface area contributed by atoms with Gasteiger partial charge < -0.3 is 25.4 Å². The van der Waals surface area contributed by atoms with Crippen LogP contribution < -0.4 is 5.73 Å². The van der Waals surface area contributed by atoms with Crippen molar-refractivity contribution in [3.63, 3.8) is 0 Å². The number of carbonyl (C=O) groups excluding carboxylic acids is 2. The molecule has 0 aromatic heterocycles. The third-order valence-corrected chi connectivity index (χ3v) is 3.97. The molecule has 0 amide bonds. The van der Waals surface area contributed by atoms with E-state index in [4.69, 9.17) is 30.1 Å². The van der Waals surface area contributed by atoms with Crippen molar-refractivity contribution in [3.05, 3.63) is 0 Å². The number of nitrogens with zero attached hydrogens (tertiary/aromatic N) is 1. The van der Waals surface area contributed by atoms with Crippen LogP contribution in [0.3, 0.4) is 0 Å². The highest BCUT2D eigenvalue weighted by atomic mass is 16.5. The molecule has 128 valence electrons. The summed E-state index contributed by atoms with van der Waals surface area (Å²) in [5, 5.41) is 17.5. The van der Waals surface area contributed by atoms with Crippen LogP contribution in [-0.4, -0.2) is 67.1 Å². The van der Waals surface area contributed by atoms with Gasteiger partial charge >= 0.3 is 13.3 Å². The van der Waals surface area contributed by atoms with Gasteiger partial charge in [0.1, 0.15) is 0 Å². The molecule has 1 unspecified atom stereocenters. The van der Waals surface area contributed by atoms with E-state index in [0.29, 0.717) is 12.4 Å². The Morgan fingerprint density at radius 3 is 2.36 bits per heavy atom. The molecule has 1 heterocycles. The van der Waals surface area contributed by atoms with E-state index in [-0.39, 0.29) is 12.2 Å². The Morgan fingerprint density at radius 2 is 1.86 bits per heavy atom. The summed E-state index contributed by atoms with van der Waals surface area (Å²) in [7, 11) is 0.623. The summed E-state index contributed by atoms with van der Waals surface area (Å²) < 4.78 is 5.36. The fraction of sp³-hybridized carbons (Fsp3) is 0.929. The second kappa shape index (κ2) is 13.9. The lowest BCUT2D eigenvalue weighted by molar-refractivity contribution is -0.191. The molecule has 1 atom stereocenters. The van der Waals surface area contributed by atoms with Gasteiger partial charge in [-0.3, -0.25) is 0 Å². The highest BCUT2D eigenvalue weighted by Gasteiger charge is 2.18. The number of nitrogens with two attached hydrogens (primary N) is 1. The fourth-order valence-corrected chi connectivity index (χ4v) is 2.59. The summed E-state index contributed by atoms with van der Waals surface area (Å²) in [6.07, 6.45) is 7.21. The standard InChI is InChI=1S/C13H29BN2O3.CO2/c1-19-13-6-10-16(11-7-13)9-5-12(15)4-2-3-8-14(17)18;2-1-3/h12-13,17-18H,2-11,15H2,1H3;. The van der Waals surface area contributed by atoms with E-state index in [9.17, 15) is 0 Å². The monoisotopic (exact) mass is 316 g/mol. The normalized spacial score (nSPS) is 17.3. The molecule has 1 aliphatic heterocycles. The first kappa shape index (κ1) is 21.2. The maximum absolute atomic E-state index is 8.74. The number of likely N-dealkylation sites (tertiary alicyclic amines) is 1. The third-order valence-electron chi connectivity index (χ3n) is 3.97. The number of unbranched alkanes of at least 4 members (excludes halogenated alkanes) is 1. The molecule has 22 heavy (non-hydrogen) atoms. The minimum atomic E-state index is -1.17. The van der Waals surface area contributed by atoms with Gasteiger partial charge in [-0.1, -0.05) is 12.8 Å². The lowest BCUT2D eigenvalue weighted by Gasteiger charge is -2.31. The summed E-state index contributed by atoms with van der Waals surface area (Å²) >= 11 is 0. The van der Waals surface area contributed by atoms with Gasteiger partial charge in [-0.05, 0) is 38.5 Å². The van der Waals surface area contributed by atoms with Crippen LogP contribution in [0.2, 0.25) is 6.32 Å². The Kier molecular flexibility index (Phi) is 13.4. The highest BCUT2D eigenvalue weighted by molar-refractivity contribution is 6.40. The van der Waals surface area contributed by atoms with E-state index in [0.717, 1.165) is 58.2 Å². The van der Waals surface area contributed by atoms with Crippen LogP contribution in [-0.2, 0) is 14.3 Å². The van der Waals surface area contributed by atoms with Crippen molar-refractivity contribution in [2.45, 2.75) is 57.0 Å². The summed E-state index contributed by atoms with van der Waals surface area (Å²) in [6.45, 7) is 3.30. The summed E-state index contributed by atoms with van der Waals surface area (Å²) in [5.41, 5.74) is 6.08. The van der Waals surface area contributed by atoms with Crippen molar-refractivity contribution >= 4 is 13.3 Å². The molecular weight excluding hydrogens is 287 g/mol. The van der Waals surface area contributed by atoms with Crippen LogP contribution in [0, 0.1) is 0 Å². The molecule has 0 aliphatic carbocycles. The van der Waals surface area contributed by atoms with Crippen LogP contribution in [0.5, 0.6) is 0 Å². The predicted molar refractivity (Wildman–Crippen MR) is 82.9 cm³/mol. The maximum Gasteiger partial charge on any atom is 0.451 e. The lowest BCUT2D eigenvalue weighted by atomic mass is 9.83. The van der Waals surface area contributed by atoms with Crippen molar-refractivity contribution in [3.8, 4) is 0 Å². The molecule has 1 saturated heterocycles. The molecule has 0 spiro atoms. The molecule has 0 aromatic carbocycles.